The summed E-state index contributed by atoms with van der Waals surface area (Å²) in [6.07, 6.45) is 3.42. The molecule has 2 N–H and O–H groups in total. The molecule has 1 aromatic heterocycles. The third-order valence-electron chi connectivity index (χ3n) is 3.75. The third kappa shape index (κ3) is 1.89. The van der Waals surface area contributed by atoms with Gasteiger partial charge in [-0.05, 0) is 48.9 Å². The Morgan fingerprint density at radius 2 is 2.17 bits per heavy atom. The van der Waals surface area contributed by atoms with Gasteiger partial charge in [0.2, 0.25) is 0 Å². The van der Waals surface area contributed by atoms with Crippen molar-refractivity contribution in [2.45, 2.75) is 32.2 Å². The number of fused-ring (bicyclic) bond motifs is 1. The van der Waals surface area contributed by atoms with Gasteiger partial charge in [0.25, 0.3) is 0 Å². The van der Waals surface area contributed by atoms with Gasteiger partial charge in [-0.2, -0.15) is 0 Å². The second kappa shape index (κ2) is 4.32. The zero-order chi connectivity index (χ0) is 12.7. The molecule has 1 aliphatic carbocycles. The van der Waals surface area contributed by atoms with Crippen LogP contribution in [0.3, 0.4) is 0 Å². The number of methoxy groups -OCH3 is 1. The molecule has 2 aromatic rings. The average molecular weight is 245 g/mol. The number of hydrogen-bond donors (Lipinski definition) is 1. The van der Waals surface area contributed by atoms with E-state index in [4.69, 9.17) is 14.9 Å². The molecule has 1 unspecified atom stereocenters. The van der Waals surface area contributed by atoms with E-state index in [9.17, 15) is 0 Å². The zero-order valence-corrected chi connectivity index (χ0v) is 10.9. The lowest BCUT2D eigenvalue weighted by molar-refractivity contribution is 0.401. The summed E-state index contributed by atoms with van der Waals surface area (Å²) in [7, 11) is 1.68. The lowest BCUT2D eigenvalue weighted by Gasteiger charge is -2.05. The summed E-state index contributed by atoms with van der Waals surface area (Å²) in [5.41, 5.74) is 8.27. The minimum Gasteiger partial charge on any atom is -0.493 e. The SMILES string of the molecule is CCc1cc(OC)c2oc(C(N)C3CC3)cc2c1. The van der Waals surface area contributed by atoms with Gasteiger partial charge in [-0.15, -0.1) is 0 Å². The highest BCUT2D eigenvalue weighted by Gasteiger charge is 2.31. The summed E-state index contributed by atoms with van der Waals surface area (Å²) in [4.78, 5) is 0. The van der Waals surface area contributed by atoms with Gasteiger partial charge < -0.3 is 14.9 Å². The maximum atomic E-state index is 6.19. The maximum Gasteiger partial charge on any atom is 0.176 e. The van der Waals surface area contributed by atoms with Crippen LogP contribution >= 0.6 is 0 Å². The highest BCUT2D eigenvalue weighted by Crippen LogP contribution is 2.42. The first kappa shape index (κ1) is 11.6. The molecule has 3 rings (SSSR count). The second-order valence-corrected chi connectivity index (χ2v) is 5.08. The van der Waals surface area contributed by atoms with Gasteiger partial charge in [-0.3, -0.25) is 0 Å². The Bertz CT molecular complexity index is 569. The van der Waals surface area contributed by atoms with Crippen molar-refractivity contribution in [3.05, 3.63) is 29.5 Å². The van der Waals surface area contributed by atoms with Gasteiger partial charge in [0.05, 0.1) is 13.2 Å². The van der Waals surface area contributed by atoms with Crippen LogP contribution in [-0.4, -0.2) is 7.11 Å². The fraction of sp³-hybridized carbons (Fsp3) is 0.467. The van der Waals surface area contributed by atoms with Crippen molar-refractivity contribution in [3.8, 4) is 5.75 Å². The Kier molecular flexibility index (Phi) is 2.78. The largest absolute Gasteiger partial charge is 0.493 e. The Morgan fingerprint density at radius 3 is 2.78 bits per heavy atom. The molecular formula is C15H19NO2. The van der Waals surface area contributed by atoms with E-state index in [0.717, 1.165) is 28.9 Å². The van der Waals surface area contributed by atoms with Crippen LogP contribution in [0.5, 0.6) is 5.75 Å². The lowest BCUT2D eigenvalue weighted by Crippen LogP contribution is -2.10. The molecule has 1 atom stereocenters. The van der Waals surface area contributed by atoms with E-state index in [-0.39, 0.29) is 6.04 Å². The predicted octanol–water partition coefficient (Wildman–Crippen LogP) is 3.41. The molecular weight excluding hydrogens is 226 g/mol. The highest BCUT2D eigenvalue weighted by atomic mass is 16.5. The van der Waals surface area contributed by atoms with Crippen molar-refractivity contribution in [1.29, 1.82) is 0 Å². The molecule has 0 aliphatic heterocycles. The van der Waals surface area contributed by atoms with Gasteiger partial charge in [0.1, 0.15) is 5.76 Å². The minimum atomic E-state index is 0.0344. The first-order valence-corrected chi connectivity index (χ1v) is 6.59. The third-order valence-corrected chi connectivity index (χ3v) is 3.75. The van der Waals surface area contributed by atoms with Gasteiger partial charge in [-0.25, -0.2) is 0 Å². The van der Waals surface area contributed by atoms with Crippen LogP contribution in [0.1, 0.15) is 37.1 Å². The molecule has 18 heavy (non-hydrogen) atoms. The Morgan fingerprint density at radius 1 is 1.39 bits per heavy atom. The van der Waals surface area contributed by atoms with Gasteiger partial charge in [0.15, 0.2) is 11.3 Å². The van der Waals surface area contributed by atoms with Crippen LogP contribution in [0.2, 0.25) is 0 Å². The Balaban J connectivity index is 2.09. The summed E-state index contributed by atoms with van der Waals surface area (Å²) in [5.74, 6) is 2.29. The van der Waals surface area contributed by atoms with Crippen LogP contribution in [0.25, 0.3) is 11.0 Å². The fourth-order valence-electron chi connectivity index (χ4n) is 2.41. The highest BCUT2D eigenvalue weighted by molar-refractivity contribution is 5.84. The van der Waals surface area contributed by atoms with E-state index in [1.165, 1.54) is 18.4 Å². The smallest absolute Gasteiger partial charge is 0.176 e. The van der Waals surface area contributed by atoms with Gasteiger partial charge >= 0.3 is 0 Å². The number of nitrogens with two attached hydrogens (primary N) is 1. The predicted molar refractivity (Wildman–Crippen MR) is 71.8 cm³/mol. The summed E-state index contributed by atoms with van der Waals surface area (Å²) >= 11 is 0. The van der Waals surface area contributed by atoms with Crippen molar-refractivity contribution >= 4 is 11.0 Å². The molecule has 0 bridgehead atoms. The van der Waals surface area contributed by atoms with Crippen LogP contribution in [-0.2, 0) is 6.42 Å². The van der Waals surface area contributed by atoms with E-state index in [0.29, 0.717) is 5.92 Å². The van der Waals surface area contributed by atoms with E-state index < -0.39 is 0 Å². The molecule has 1 heterocycles. The molecule has 1 saturated carbocycles. The lowest BCUT2D eigenvalue weighted by atomic mass is 10.1. The fourth-order valence-corrected chi connectivity index (χ4v) is 2.41. The number of hydrogen-bond acceptors (Lipinski definition) is 3. The van der Waals surface area contributed by atoms with Crippen molar-refractivity contribution in [2.75, 3.05) is 7.11 Å². The Hall–Kier alpha value is -1.48. The van der Waals surface area contributed by atoms with E-state index >= 15 is 0 Å². The summed E-state index contributed by atoms with van der Waals surface area (Å²) in [6, 6.07) is 6.30. The maximum absolute atomic E-state index is 6.19. The zero-order valence-electron chi connectivity index (χ0n) is 10.9. The number of rotatable bonds is 4. The van der Waals surface area contributed by atoms with E-state index in [1.807, 2.05) is 6.07 Å². The van der Waals surface area contributed by atoms with Gasteiger partial charge in [-0.1, -0.05) is 6.92 Å². The quantitative estimate of drug-likeness (QED) is 0.898. The van der Waals surface area contributed by atoms with Crippen molar-refractivity contribution in [1.82, 2.24) is 0 Å². The molecule has 1 aliphatic rings. The molecule has 3 nitrogen and oxygen atoms in total. The normalized spacial score (nSPS) is 17.1. The molecule has 1 fully saturated rings. The first-order valence-electron chi connectivity index (χ1n) is 6.59. The molecule has 1 aromatic carbocycles. The summed E-state index contributed by atoms with van der Waals surface area (Å²) in [6.45, 7) is 2.14. The number of aryl methyl sites for hydroxylation is 1. The van der Waals surface area contributed by atoms with Crippen molar-refractivity contribution in [2.24, 2.45) is 11.7 Å². The number of benzene rings is 1. The second-order valence-electron chi connectivity index (χ2n) is 5.08. The summed E-state index contributed by atoms with van der Waals surface area (Å²) < 4.78 is 11.3. The average Bonchev–Trinajstić information content (AvgIpc) is 3.15. The Labute approximate surface area is 107 Å². The molecule has 0 radical (unpaired) electrons. The molecule has 0 amide bonds. The molecule has 0 spiro atoms. The van der Waals surface area contributed by atoms with Crippen LogP contribution in [0.4, 0.5) is 0 Å². The van der Waals surface area contributed by atoms with E-state index in [1.54, 1.807) is 7.11 Å². The molecule has 96 valence electrons. The number of furan rings is 1. The van der Waals surface area contributed by atoms with Crippen molar-refractivity contribution < 1.29 is 9.15 Å². The minimum absolute atomic E-state index is 0.0344. The standard InChI is InChI=1S/C15H19NO2/c1-3-9-6-11-8-12(14(16)10-4-5-10)18-15(11)13(7-9)17-2/h6-8,10,14H,3-5,16H2,1-2H3. The van der Waals surface area contributed by atoms with Crippen molar-refractivity contribution in [3.63, 3.8) is 0 Å². The summed E-state index contributed by atoms with van der Waals surface area (Å²) in [5, 5.41) is 1.09. The van der Waals surface area contributed by atoms with E-state index in [2.05, 4.69) is 19.1 Å². The van der Waals surface area contributed by atoms with Crippen LogP contribution < -0.4 is 10.5 Å². The number of ether oxygens (including phenoxy) is 1. The topological polar surface area (TPSA) is 48.4 Å². The first-order chi connectivity index (χ1) is 8.72. The molecule has 0 saturated heterocycles. The van der Waals surface area contributed by atoms with Crippen LogP contribution in [0, 0.1) is 5.92 Å². The monoisotopic (exact) mass is 245 g/mol. The van der Waals surface area contributed by atoms with Gasteiger partial charge in [0, 0.05) is 5.39 Å². The molecule has 3 heteroatoms. The van der Waals surface area contributed by atoms with Crippen LogP contribution in [0.15, 0.2) is 22.6 Å².